The second-order valence-electron chi connectivity index (χ2n) is 5.42. The number of hydrogen-bond acceptors (Lipinski definition) is 6. The Morgan fingerprint density at radius 1 is 1.12 bits per heavy atom. The van der Waals surface area contributed by atoms with Gasteiger partial charge in [-0.2, -0.15) is 0 Å². The van der Waals surface area contributed by atoms with Crippen LogP contribution < -0.4 is 20.5 Å². The molecule has 1 atom stereocenters. The molecule has 2 aromatic carbocycles. The monoisotopic (exact) mass is 323 g/mol. The average Bonchev–Trinajstić information content (AvgIpc) is 2.98. The Morgan fingerprint density at radius 3 is 2.75 bits per heavy atom. The van der Waals surface area contributed by atoms with Crippen LogP contribution >= 0.6 is 0 Å². The summed E-state index contributed by atoms with van der Waals surface area (Å²) in [6, 6.07) is 13.5. The number of nitrogens with two attached hydrogens (primary N) is 1. The maximum Gasteiger partial charge on any atom is 0.212 e. The van der Waals surface area contributed by atoms with E-state index >= 15 is 0 Å². The number of hydrogen-bond donors (Lipinski definition) is 2. The van der Waals surface area contributed by atoms with Crippen molar-refractivity contribution in [1.82, 2.24) is 9.55 Å². The largest absolute Gasteiger partial charge is 0.497 e. The number of ether oxygens (including phenoxy) is 2. The van der Waals surface area contributed by atoms with Crippen LogP contribution in [0.5, 0.6) is 11.5 Å². The molecule has 1 aromatic heterocycles. The maximum atomic E-state index is 5.97. The molecule has 7 nitrogen and oxygen atoms in total. The summed E-state index contributed by atoms with van der Waals surface area (Å²) in [5.41, 5.74) is 8.70. The van der Waals surface area contributed by atoms with Crippen LogP contribution in [0.1, 0.15) is 11.7 Å². The standard InChI is InChI=1S/C17H17N5O2/c1-23-10-7-8-11(14(9-10)24-2)15-20-16(18)21-17-19-12-5-3-4-6-13(12)22(15)17/h3-9,15H,1-2H3,(H3,18,19,20,21). The van der Waals surface area contributed by atoms with Crippen molar-refractivity contribution in [3.8, 4) is 11.5 Å². The average molecular weight is 323 g/mol. The first kappa shape index (κ1) is 14.4. The Hall–Kier alpha value is -3.22. The lowest BCUT2D eigenvalue weighted by molar-refractivity contribution is 0.386. The fourth-order valence-electron chi connectivity index (χ4n) is 2.96. The van der Waals surface area contributed by atoms with E-state index in [2.05, 4.69) is 15.3 Å². The Morgan fingerprint density at radius 2 is 1.96 bits per heavy atom. The first-order chi connectivity index (χ1) is 11.7. The SMILES string of the molecule is COc1ccc(C2N=C(N)Nc3nc4ccccc4n32)c(OC)c1. The van der Waals surface area contributed by atoms with Crippen LogP contribution in [0.2, 0.25) is 0 Å². The molecule has 2 heterocycles. The fourth-order valence-corrected chi connectivity index (χ4v) is 2.96. The van der Waals surface area contributed by atoms with E-state index in [1.165, 1.54) is 0 Å². The molecule has 1 unspecified atom stereocenters. The van der Waals surface area contributed by atoms with Crippen molar-refractivity contribution in [1.29, 1.82) is 0 Å². The van der Waals surface area contributed by atoms with E-state index in [0.717, 1.165) is 22.3 Å². The van der Waals surface area contributed by atoms with E-state index in [1.54, 1.807) is 14.2 Å². The van der Waals surface area contributed by atoms with Crippen molar-refractivity contribution < 1.29 is 9.47 Å². The van der Waals surface area contributed by atoms with Gasteiger partial charge in [-0.3, -0.25) is 9.88 Å². The molecule has 0 spiro atoms. The van der Waals surface area contributed by atoms with Gasteiger partial charge < -0.3 is 15.2 Å². The zero-order valence-corrected chi connectivity index (χ0v) is 13.4. The summed E-state index contributed by atoms with van der Waals surface area (Å²) in [7, 11) is 3.25. The molecule has 0 saturated carbocycles. The number of fused-ring (bicyclic) bond motifs is 3. The van der Waals surface area contributed by atoms with Crippen LogP contribution in [0.4, 0.5) is 5.95 Å². The van der Waals surface area contributed by atoms with Crippen molar-refractivity contribution in [2.24, 2.45) is 10.7 Å². The van der Waals surface area contributed by atoms with E-state index in [1.807, 2.05) is 47.0 Å². The number of anilines is 1. The topological polar surface area (TPSA) is 86.7 Å². The highest BCUT2D eigenvalue weighted by molar-refractivity contribution is 5.94. The lowest BCUT2D eigenvalue weighted by Gasteiger charge is -2.25. The molecule has 3 N–H and O–H groups in total. The first-order valence-corrected chi connectivity index (χ1v) is 7.50. The number of nitrogens with zero attached hydrogens (tertiary/aromatic N) is 3. The van der Waals surface area contributed by atoms with Gasteiger partial charge in [0, 0.05) is 11.6 Å². The van der Waals surface area contributed by atoms with Crippen LogP contribution in [0.3, 0.4) is 0 Å². The number of para-hydroxylation sites is 2. The van der Waals surface area contributed by atoms with Gasteiger partial charge in [0.2, 0.25) is 5.95 Å². The second-order valence-corrected chi connectivity index (χ2v) is 5.42. The van der Waals surface area contributed by atoms with Gasteiger partial charge in [0.15, 0.2) is 12.1 Å². The zero-order chi connectivity index (χ0) is 16.7. The summed E-state index contributed by atoms with van der Waals surface area (Å²) in [6.07, 6.45) is -0.366. The summed E-state index contributed by atoms with van der Waals surface area (Å²) in [5, 5.41) is 3.02. The van der Waals surface area contributed by atoms with Gasteiger partial charge in [0.05, 0.1) is 25.3 Å². The fraction of sp³-hybridized carbons (Fsp3) is 0.176. The van der Waals surface area contributed by atoms with E-state index in [0.29, 0.717) is 17.7 Å². The zero-order valence-electron chi connectivity index (χ0n) is 13.4. The number of methoxy groups -OCH3 is 2. The van der Waals surface area contributed by atoms with Gasteiger partial charge in [-0.25, -0.2) is 9.98 Å². The van der Waals surface area contributed by atoms with Gasteiger partial charge in [0.1, 0.15) is 11.5 Å². The van der Waals surface area contributed by atoms with Crippen LogP contribution in [-0.2, 0) is 0 Å². The summed E-state index contributed by atoms with van der Waals surface area (Å²) >= 11 is 0. The molecule has 4 rings (SSSR count). The van der Waals surface area contributed by atoms with Crippen molar-refractivity contribution in [2.45, 2.75) is 6.17 Å². The lowest BCUT2D eigenvalue weighted by Crippen LogP contribution is -2.31. The summed E-state index contributed by atoms with van der Waals surface area (Å²) in [6.45, 7) is 0. The van der Waals surface area contributed by atoms with E-state index < -0.39 is 0 Å². The number of nitrogens with one attached hydrogen (secondary N) is 1. The first-order valence-electron chi connectivity index (χ1n) is 7.50. The minimum atomic E-state index is -0.366. The predicted molar refractivity (Wildman–Crippen MR) is 92.7 cm³/mol. The molecular formula is C17H17N5O2. The van der Waals surface area contributed by atoms with Crippen molar-refractivity contribution >= 4 is 22.9 Å². The van der Waals surface area contributed by atoms with Gasteiger partial charge in [-0.1, -0.05) is 12.1 Å². The van der Waals surface area contributed by atoms with Gasteiger partial charge >= 0.3 is 0 Å². The highest BCUT2D eigenvalue weighted by Crippen LogP contribution is 2.37. The highest BCUT2D eigenvalue weighted by Gasteiger charge is 2.27. The smallest absolute Gasteiger partial charge is 0.212 e. The van der Waals surface area contributed by atoms with Crippen molar-refractivity contribution in [2.75, 3.05) is 19.5 Å². The molecule has 0 bridgehead atoms. The minimum absolute atomic E-state index is 0.320. The summed E-state index contributed by atoms with van der Waals surface area (Å²) < 4.78 is 12.8. The minimum Gasteiger partial charge on any atom is -0.497 e. The third-order valence-corrected chi connectivity index (χ3v) is 4.06. The Labute approximate surface area is 138 Å². The van der Waals surface area contributed by atoms with Crippen molar-refractivity contribution in [3.63, 3.8) is 0 Å². The molecule has 3 aromatic rings. The molecule has 0 amide bonds. The molecule has 0 fully saturated rings. The normalized spacial score (nSPS) is 16.2. The number of rotatable bonds is 3. The third-order valence-electron chi connectivity index (χ3n) is 4.06. The molecule has 0 radical (unpaired) electrons. The van der Waals surface area contributed by atoms with Crippen molar-refractivity contribution in [3.05, 3.63) is 48.0 Å². The van der Waals surface area contributed by atoms with E-state index in [-0.39, 0.29) is 6.17 Å². The van der Waals surface area contributed by atoms with Gasteiger partial charge in [-0.05, 0) is 24.3 Å². The Kier molecular flexibility index (Phi) is 3.26. The molecule has 7 heteroatoms. The van der Waals surface area contributed by atoms with E-state index in [4.69, 9.17) is 15.2 Å². The molecule has 1 aliphatic heterocycles. The predicted octanol–water partition coefficient (Wildman–Crippen LogP) is 2.34. The highest BCUT2D eigenvalue weighted by atomic mass is 16.5. The maximum absolute atomic E-state index is 5.97. The number of aliphatic imine (C=N–C) groups is 1. The molecule has 0 saturated heterocycles. The van der Waals surface area contributed by atoms with E-state index in [9.17, 15) is 0 Å². The summed E-state index contributed by atoms with van der Waals surface area (Å²) in [4.78, 5) is 9.16. The van der Waals surface area contributed by atoms with Gasteiger partial charge in [0.25, 0.3) is 0 Å². The number of aromatic nitrogens is 2. The Balaban J connectivity index is 1.94. The summed E-state index contributed by atoms with van der Waals surface area (Å²) in [5.74, 6) is 2.38. The third kappa shape index (κ3) is 2.13. The van der Waals surface area contributed by atoms with Crippen LogP contribution in [0, 0.1) is 0 Å². The number of guanidine groups is 1. The van der Waals surface area contributed by atoms with Crippen LogP contribution in [0.15, 0.2) is 47.5 Å². The van der Waals surface area contributed by atoms with Gasteiger partial charge in [-0.15, -0.1) is 0 Å². The number of imidazole rings is 1. The lowest BCUT2D eigenvalue weighted by atomic mass is 10.1. The molecule has 24 heavy (non-hydrogen) atoms. The molecular weight excluding hydrogens is 306 g/mol. The second kappa shape index (κ2) is 5.45. The molecule has 0 aliphatic carbocycles. The van der Waals surface area contributed by atoms with Crippen LogP contribution in [-0.4, -0.2) is 29.7 Å². The molecule has 122 valence electrons. The molecule has 1 aliphatic rings. The number of benzene rings is 2. The quantitative estimate of drug-likeness (QED) is 0.772. The Bertz CT molecular complexity index is 947. The van der Waals surface area contributed by atoms with Crippen LogP contribution in [0.25, 0.3) is 11.0 Å².